The highest BCUT2D eigenvalue weighted by molar-refractivity contribution is 8.18. The predicted octanol–water partition coefficient (Wildman–Crippen LogP) is 3.47. The van der Waals surface area contributed by atoms with E-state index < -0.39 is 23.7 Å². The second-order valence-corrected chi connectivity index (χ2v) is 6.87. The number of rotatable bonds is 8. The average Bonchev–Trinajstić information content (AvgIpc) is 2.84. The molecule has 0 unspecified atom stereocenters. The number of carbonyl (C=O) groups excluding carboxylic acids is 3. The Morgan fingerprint density at radius 1 is 1.15 bits per heavy atom. The number of benzene rings is 1. The predicted molar refractivity (Wildman–Crippen MR) is 103 cm³/mol. The van der Waals surface area contributed by atoms with Crippen LogP contribution in [0.5, 0.6) is 11.5 Å². The van der Waals surface area contributed by atoms with Crippen molar-refractivity contribution in [2.75, 3.05) is 19.8 Å². The topological polar surface area (TPSA) is 82.1 Å². The van der Waals surface area contributed by atoms with Crippen LogP contribution in [0.15, 0.2) is 23.1 Å². The van der Waals surface area contributed by atoms with Gasteiger partial charge in [-0.1, -0.05) is 6.07 Å². The van der Waals surface area contributed by atoms with E-state index in [1.54, 1.807) is 38.1 Å². The third-order valence-electron chi connectivity index (χ3n) is 3.39. The Labute approximate surface area is 162 Å². The maximum absolute atomic E-state index is 12.5. The maximum atomic E-state index is 12.5. The minimum Gasteiger partial charge on any atom is -0.490 e. The van der Waals surface area contributed by atoms with Crippen molar-refractivity contribution in [3.8, 4) is 11.5 Å². The third kappa shape index (κ3) is 5.50. The fourth-order valence-electron chi connectivity index (χ4n) is 2.37. The van der Waals surface area contributed by atoms with E-state index in [0.717, 1.165) is 16.7 Å². The van der Waals surface area contributed by atoms with E-state index in [2.05, 4.69) is 0 Å². The van der Waals surface area contributed by atoms with E-state index in [1.165, 1.54) is 0 Å². The van der Waals surface area contributed by atoms with Gasteiger partial charge in [0.15, 0.2) is 11.5 Å². The highest BCUT2D eigenvalue weighted by atomic mass is 32.2. The van der Waals surface area contributed by atoms with Crippen LogP contribution in [0.1, 0.15) is 33.3 Å². The van der Waals surface area contributed by atoms with Gasteiger partial charge in [-0.15, -0.1) is 0 Å². The average molecular weight is 393 g/mol. The molecule has 2 amide bonds. The molecule has 0 saturated carbocycles. The second-order valence-electron chi connectivity index (χ2n) is 5.88. The van der Waals surface area contributed by atoms with Crippen molar-refractivity contribution < 1.29 is 28.6 Å². The highest BCUT2D eigenvalue weighted by Gasteiger charge is 2.36. The van der Waals surface area contributed by atoms with Crippen LogP contribution in [0.4, 0.5) is 4.79 Å². The molecule has 0 aliphatic carbocycles. The van der Waals surface area contributed by atoms with Gasteiger partial charge in [0.2, 0.25) is 0 Å². The van der Waals surface area contributed by atoms with E-state index in [1.807, 2.05) is 13.8 Å². The zero-order chi connectivity index (χ0) is 20.0. The normalized spacial score (nSPS) is 15.6. The molecule has 0 spiro atoms. The fraction of sp³-hybridized carbons (Fsp3) is 0.421. The molecule has 2 rings (SSSR count). The summed E-state index contributed by atoms with van der Waals surface area (Å²) in [6.45, 7) is 7.73. The first-order chi connectivity index (χ1) is 12.8. The molecule has 1 aliphatic rings. The summed E-state index contributed by atoms with van der Waals surface area (Å²) in [7, 11) is 0. The number of imide groups is 1. The molecule has 1 fully saturated rings. The number of carbonyl (C=O) groups is 3. The molecule has 0 radical (unpaired) electrons. The molecule has 0 aromatic heterocycles. The number of ether oxygens (including phenoxy) is 3. The van der Waals surface area contributed by atoms with Crippen LogP contribution in [0.3, 0.4) is 0 Å². The minimum atomic E-state index is -0.617. The summed E-state index contributed by atoms with van der Waals surface area (Å²) in [4.78, 5) is 37.4. The molecular formula is C19H23NO6S. The smallest absolute Gasteiger partial charge is 0.326 e. The van der Waals surface area contributed by atoms with Gasteiger partial charge in [-0.05, 0) is 63.2 Å². The van der Waals surface area contributed by atoms with Gasteiger partial charge in [0.05, 0.1) is 24.2 Å². The van der Waals surface area contributed by atoms with E-state index >= 15 is 0 Å². The number of hydrogen-bond acceptors (Lipinski definition) is 7. The standard InChI is InChI=1S/C19H23NO6S/c1-5-24-14-8-7-13(9-15(14)25-6-2)10-16-18(22)20(19(23)27-16)11-17(21)26-12(3)4/h7-10,12H,5-6,11H2,1-4H3/b16-10+. The second kappa shape index (κ2) is 9.45. The van der Waals surface area contributed by atoms with Gasteiger partial charge in [-0.2, -0.15) is 0 Å². The molecule has 1 aromatic carbocycles. The lowest BCUT2D eigenvalue weighted by atomic mass is 10.2. The fourth-order valence-corrected chi connectivity index (χ4v) is 3.21. The number of thioether (sulfide) groups is 1. The summed E-state index contributed by atoms with van der Waals surface area (Å²) in [5, 5.41) is -0.497. The van der Waals surface area contributed by atoms with Gasteiger partial charge in [0.25, 0.3) is 11.1 Å². The van der Waals surface area contributed by atoms with Gasteiger partial charge >= 0.3 is 5.97 Å². The van der Waals surface area contributed by atoms with Crippen molar-refractivity contribution in [3.05, 3.63) is 28.7 Å². The molecule has 7 nitrogen and oxygen atoms in total. The highest BCUT2D eigenvalue weighted by Crippen LogP contribution is 2.34. The molecule has 0 N–H and O–H groups in total. The van der Waals surface area contributed by atoms with Crippen molar-refractivity contribution >= 4 is 35.0 Å². The van der Waals surface area contributed by atoms with Crippen molar-refractivity contribution in [1.82, 2.24) is 4.90 Å². The maximum Gasteiger partial charge on any atom is 0.326 e. The Kier molecular flexibility index (Phi) is 7.29. The molecule has 1 heterocycles. The molecule has 27 heavy (non-hydrogen) atoms. The summed E-state index contributed by atoms with van der Waals surface area (Å²) >= 11 is 0.790. The molecular weight excluding hydrogens is 370 g/mol. The zero-order valence-corrected chi connectivity index (χ0v) is 16.6. The van der Waals surface area contributed by atoms with Gasteiger partial charge in [-0.25, -0.2) is 0 Å². The van der Waals surface area contributed by atoms with Gasteiger partial charge in [-0.3, -0.25) is 19.3 Å². The Morgan fingerprint density at radius 2 is 1.81 bits per heavy atom. The van der Waals surface area contributed by atoms with Crippen LogP contribution in [-0.4, -0.2) is 47.9 Å². The minimum absolute atomic E-state index is 0.240. The zero-order valence-electron chi connectivity index (χ0n) is 15.8. The quantitative estimate of drug-likeness (QED) is 0.494. The molecule has 1 aliphatic heterocycles. The summed E-state index contributed by atoms with van der Waals surface area (Å²) in [5.41, 5.74) is 0.692. The molecule has 0 atom stereocenters. The monoisotopic (exact) mass is 393 g/mol. The van der Waals surface area contributed by atoms with Crippen LogP contribution >= 0.6 is 11.8 Å². The van der Waals surface area contributed by atoms with E-state index in [0.29, 0.717) is 30.3 Å². The van der Waals surface area contributed by atoms with Gasteiger partial charge < -0.3 is 14.2 Å². The first-order valence-corrected chi connectivity index (χ1v) is 9.51. The lowest BCUT2D eigenvalue weighted by molar-refractivity contribution is -0.149. The molecule has 146 valence electrons. The summed E-state index contributed by atoms with van der Waals surface area (Å²) in [5.74, 6) is 0.0414. The summed E-state index contributed by atoms with van der Waals surface area (Å²) in [6, 6.07) is 5.27. The Morgan fingerprint density at radius 3 is 2.44 bits per heavy atom. The first kappa shape index (κ1) is 20.8. The van der Waals surface area contributed by atoms with E-state index in [4.69, 9.17) is 14.2 Å². The van der Waals surface area contributed by atoms with Crippen LogP contribution in [0.2, 0.25) is 0 Å². The van der Waals surface area contributed by atoms with Crippen molar-refractivity contribution in [3.63, 3.8) is 0 Å². The number of nitrogens with zero attached hydrogens (tertiary/aromatic N) is 1. The Bertz CT molecular complexity index is 759. The van der Waals surface area contributed by atoms with Crippen LogP contribution < -0.4 is 9.47 Å². The van der Waals surface area contributed by atoms with E-state index in [-0.39, 0.29) is 11.0 Å². The van der Waals surface area contributed by atoms with Crippen LogP contribution in [0.25, 0.3) is 6.08 Å². The Balaban J connectivity index is 2.19. The van der Waals surface area contributed by atoms with Crippen LogP contribution in [0, 0.1) is 0 Å². The van der Waals surface area contributed by atoms with Gasteiger partial charge in [0, 0.05) is 0 Å². The SMILES string of the molecule is CCOc1ccc(/C=C2/SC(=O)N(CC(=O)OC(C)C)C2=O)cc1OCC. The van der Waals surface area contributed by atoms with E-state index in [9.17, 15) is 14.4 Å². The largest absolute Gasteiger partial charge is 0.490 e. The third-order valence-corrected chi connectivity index (χ3v) is 4.30. The lowest BCUT2D eigenvalue weighted by Gasteiger charge is -2.13. The number of esters is 1. The Hall–Kier alpha value is -2.48. The first-order valence-electron chi connectivity index (χ1n) is 8.70. The summed E-state index contributed by atoms with van der Waals surface area (Å²) in [6.07, 6.45) is 1.28. The summed E-state index contributed by atoms with van der Waals surface area (Å²) < 4.78 is 16.1. The molecule has 8 heteroatoms. The van der Waals surface area contributed by atoms with Crippen molar-refractivity contribution in [2.24, 2.45) is 0 Å². The molecule has 1 aromatic rings. The lowest BCUT2D eigenvalue weighted by Crippen LogP contribution is -2.35. The molecule has 1 saturated heterocycles. The molecule has 0 bridgehead atoms. The number of hydrogen-bond donors (Lipinski definition) is 0. The van der Waals surface area contributed by atoms with Crippen molar-refractivity contribution in [2.45, 2.75) is 33.8 Å². The number of amides is 2. The van der Waals surface area contributed by atoms with Crippen LogP contribution in [-0.2, 0) is 14.3 Å². The van der Waals surface area contributed by atoms with Gasteiger partial charge in [0.1, 0.15) is 6.54 Å². The van der Waals surface area contributed by atoms with Crippen molar-refractivity contribution in [1.29, 1.82) is 0 Å².